The van der Waals surface area contributed by atoms with E-state index in [2.05, 4.69) is 0 Å². The van der Waals surface area contributed by atoms with Gasteiger partial charge >= 0.3 is 6.18 Å². The summed E-state index contributed by atoms with van der Waals surface area (Å²) in [5, 5.41) is 0. The highest BCUT2D eigenvalue weighted by Crippen LogP contribution is 2.33. The molecule has 1 fully saturated rings. The standard InChI is InChI=1S/C15H16F3NO/c16-15(17,18)13-7-4-10-19(11-13)14(20)9-8-12-5-2-1-3-6-12/h1-3,5-6,8-9,13H,4,7,10-11H2/b9-8+/t13-/m1/s1. The van der Waals surface area contributed by atoms with Crippen LogP contribution in [0.5, 0.6) is 0 Å². The van der Waals surface area contributed by atoms with Crippen molar-refractivity contribution in [2.45, 2.75) is 19.0 Å². The minimum atomic E-state index is -4.22. The molecule has 1 aliphatic rings. The number of alkyl halides is 3. The van der Waals surface area contributed by atoms with Crippen molar-refractivity contribution in [3.63, 3.8) is 0 Å². The fraction of sp³-hybridized carbons (Fsp3) is 0.400. The van der Waals surface area contributed by atoms with Crippen LogP contribution in [0.2, 0.25) is 0 Å². The lowest BCUT2D eigenvalue weighted by Gasteiger charge is -2.33. The Morgan fingerprint density at radius 2 is 1.95 bits per heavy atom. The van der Waals surface area contributed by atoms with E-state index in [9.17, 15) is 18.0 Å². The molecule has 1 heterocycles. The molecule has 1 aromatic carbocycles. The van der Waals surface area contributed by atoms with Crippen LogP contribution in [0.3, 0.4) is 0 Å². The van der Waals surface area contributed by atoms with Crippen LogP contribution in [-0.2, 0) is 4.79 Å². The molecule has 0 aliphatic carbocycles. The average Bonchev–Trinajstić information content (AvgIpc) is 2.45. The third-order valence-electron chi connectivity index (χ3n) is 3.41. The van der Waals surface area contributed by atoms with Gasteiger partial charge in [-0.25, -0.2) is 0 Å². The summed E-state index contributed by atoms with van der Waals surface area (Å²) in [6.45, 7) is 0.159. The van der Waals surface area contributed by atoms with Crippen LogP contribution in [0, 0.1) is 5.92 Å². The summed E-state index contributed by atoms with van der Waals surface area (Å²) in [7, 11) is 0. The quantitative estimate of drug-likeness (QED) is 0.761. The second-order valence-corrected chi connectivity index (χ2v) is 4.91. The maximum atomic E-state index is 12.7. The molecule has 20 heavy (non-hydrogen) atoms. The Kier molecular flexibility index (Phi) is 4.47. The fourth-order valence-corrected chi connectivity index (χ4v) is 2.28. The van der Waals surface area contributed by atoms with Crippen molar-refractivity contribution < 1.29 is 18.0 Å². The minimum Gasteiger partial charge on any atom is -0.339 e. The Balaban J connectivity index is 1.97. The third-order valence-corrected chi connectivity index (χ3v) is 3.41. The Bertz CT molecular complexity index is 482. The molecule has 1 amide bonds. The molecule has 0 bridgehead atoms. The highest BCUT2D eigenvalue weighted by Gasteiger charge is 2.42. The van der Waals surface area contributed by atoms with E-state index in [-0.39, 0.29) is 18.9 Å². The molecule has 0 spiro atoms. The molecular weight excluding hydrogens is 267 g/mol. The van der Waals surface area contributed by atoms with Gasteiger partial charge in [-0.3, -0.25) is 4.79 Å². The van der Waals surface area contributed by atoms with E-state index in [0.717, 1.165) is 5.56 Å². The molecule has 1 aromatic rings. The summed E-state index contributed by atoms with van der Waals surface area (Å²) in [6.07, 6.45) is -0.750. The van der Waals surface area contributed by atoms with Gasteiger partial charge in [-0.2, -0.15) is 13.2 Å². The number of hydrogen-bond acceptors (Lipinski definition) is 1. The highest BCUT2D eigenvalue weighted by atomic mass is 19.4. The first-order chi connectivity index (χ1) is 9.47. The highest BCUT2D eigenvalue weighted by molar-refractivity contribution is 5.91. The lowest BCUT2D eigenvalue weighted by Crippen LogP contribution is -2.44. The summed E-state index contributed by atoms with van der Waals surface area (Å²) in [5.74, 6) is -1.76. The number of benzene rings is 1. The van der Waals surface area contributed by atoms with Gasteiger partial charge in [0.1, 0.15) is 0 Å². The lowest BCUT2D eigenvalue weighted by molar-refractivity contribution is -0.187. The van der Waals surface area contributed by atoms with E-state index in [0.29, 0.717) is 13.0 Å². The Morgan fingerprint density at radius 3 is 2.60 bits per heavy atom. The zero-order chi connectivity index (χ0) is 14.6. The van der Waals surface area contributed by atoms with Gasteiger partial charge in [-0.05, 0) is 24.5 Å². The predicted molar refractivity (Wildman–Crippen MR) is 70.8 cm³/mol. The summed E-state index contributed by atoms with van der Waals surface area (Å²) in [6, 6.07) is 9.20. The number of amides is 1. The first-order valence-corrected chi connectivity index (χ1v) is 6.55. The number of rotatable bonds is 2. The van der Waals surface area contributed by atoms with Crippen molar-refractivity contribution in [1.82, 2.24) is 4.90 Å². The molecule has 2 nitrogen and oxygen atoms in total. The van der Waals surface area contributed by atoms with Crippen LogP contribution in [0.15, 0.2) is 36.4 Å². The van der Waals surface area contributed by atoms with Gasteiger partial charge in [-0.15, -0.1) is 0 Å². The van der Waals surface area contributed by atoms with E-state index in [4.69, 9.17) is 0 Å². The third kappa shape index (κ3) is 3.85. The fourth-order valence-electron chi connectivity index (χ4n) is 2.28. The van der Waals surface area contributed by atoms with Gasteiger partial charge in [0.05, 0.1) is 5.92 Å². The van der Waals surface area contributed by atoms with Crippen molar-refractivity contribution in [1.29, 1.82) is 0 Å². The van der Waals surface area contributed by atoms with Crippen molar-refractivity contribution >= 4 is 12.0 Å². The zero-order valence-electron chi connectivity index (χ0n) is 10.9. The van der Waals surface area contributed by atoms with Gasteiger partial charge in [0.15, 0.2) is 0 Å². The second-order valence-electron chi connectivity index (χ2n) is 4.91. The lowest BCUT2D eigenvalue weighted by atomic mass is 9.97. The van der Waals surface area contributed by atoms with Gasteiger partial charge in [0.2, 0.25) is 5.91 Å². The van der Waals surface area contributed by atoms with Crippen LogP contribution >= 0.6 is 0 Å². The van der Waals surface area contributed by atoms with E-state index >= 15 is 0 Å². The average molecular weight is 283 g/mol. The van der Waals surface area contributed by atoms with Crippen LogP contribution in [-0.4, -0.2) is 30.1 Å². The van der Waals surface area contributed by atoms with E-state index in [1.165, 1.54) is 11.0 Å². The van der Waals surface area contributed by atoms with Gasteiger partial charge in [0.25, 0.3) is 0 Å². The maximum absolute atomic E-state index is 12.7. The molecular formula is C15H16F3NO. The molecule has 5 heteroatoms. The SMILES string of the molecule is O=C(/C=C/c1ccccc1)N1CCC[C@@H](C(F)(F)F)C1. The van der Waals surface area contributed by atoms with Crippen LogP contribution in [0.25, 0.3) is 6.08 Å². The Morgan fingerprint density at radius 1 is 1.25 bits per heavy atom. The van der Waals surface area contributed by atoms with Crippen molar-refractivity contribution in [2.24, 2.45) is 5.92 Å². The van der Waals surface area contributed by atoms with Gasteiger partial charge < -0.3 is 4.90 Å². The van der Waals surface area contributed by atoms with Crippen LogP contribution < -0.4 is 0 Å². The molecule has 0 radical (unpaired) electrons. The molecule has 1 atom stereocenters. The summed E-state index contributed by atoms with van der Waals surface area (Å²) in [4.78, 5) is 13.2. The molecule has 108 valence electrons. The van der Waals surface area contributed by atoms with Gasteiger partial charge in [0, 0.05) is 19.2 Å². The molecule has 0 aromatic heterocycles. The van der Waals surface area contributed by atoms with E-state index in [1.54, 1.807) is 6.08 Å². The van der Waals surface area contributed by atoms with E-state index < -0.39 is 12.1 Å². The second kappa shape index (κ2) is 6.11. The summed E-state index contributed by atoms with van der Waals surface area (Å²) in [5.41, 5.74) is 0.852. The van der Waals surface area contributed by atoms with Crippen molar-refractivity contribution in [3.8, 4) is 0 Å². The Labute approximate surface area is 115 Å². The first-order valence-electron chi connectivity index (χ1n) is 6.55. The Hall–Kier alpha value is -1.78. The predicted octanol–water partition coefficient (Wildman–Crippen LogP) is 3.50. The summed E-state index contributed by atoms with van der Waals surface area (Å²) >= 11 is 0. The first kappa shape index (κ1) is 14.6. The minimum absolute atomic E-state index is 0.107. The van der Waals surface area contributed by atoms with E-state index in [1.807, 2.05) is 30.3 Å². The molecule has 1 aliphatic heterocycles. The largest absolute Gasteiger partial charge is 0.393 e. The monoisotopic (exact) mass is 283 g/mol. The molecule has 1 saturated heterocycles. The van der Waals surface area contributed by atoms with Gasteiger partial charge in [-0.1, -0.05) is 30.3 Å². The van der Waals surface area contributed by atoms with Crippen molar-refractivity contribution in [2.75, 3.05) is 13.1 Å². The number of hydrogen-bond donors (Lipinski definition) is 0. The number of piperidine rings is 1. The zero-order valence-corrected chi connectivity index (χ0v) is 10.9. The molecule has 2 rings (SSSR count). The number of carbonyl (C=O) groups is 1. The number of likely N-dealkylation sites (tertiary alicyclic amines) is 1. The maximum Gasteiger partial charge on any atom is 0.393 e. The molecule has 0 N–H and O–H groups in total. The molecule has 0 unspecified atom stereocenters. The number of carbonyl (C=O) groups excluding carboxylic acids is 1. The smallest absolute Gasteiger partial charge is 0.339 e. The normalized spacial score (nSPS) is 20.4. The van der Waals surface area contributed by atoms with Crippen LogP contribution in [0.1, 0.15) is 18.4 Å². The topological polar surface area (TPSA) is 20.3 Å². The number of halogens is 3. The van der Waals surface area contributed by atoms with Crippen molar-refractivity contribution in [3.05, 3.63) is 42.0 Å². The summed E-state index contributed by atoms with van der Waals surface area (Å²) < 4.78 is 38.0. The van der Waals surface area contributed by atoms with Crippen LogP contribution in [0.4, 0.5) is 13.2 Å². The molecule has 0 saturated carbocycles. The number of nitrogens with zero attached hydrogens (tertiary/aromatic N) is 1.